The third-order valence-corrected chi connectivity index (χ3v) is 6.15. The number of para-hydroxylation sites is 1. The third kappa shape index (κ3) is 3.13. The minimum atomic E-state index is -0.580. The fraction of sp³-hybridized carbons (Fsp3) is 0.211. The molecule has 0 aliphatic carbocycles. The van der Waals surface area contributed by atoms with Crippen LogP contribution in [-0.2, 0) is 10.2 Å². The molecule has 1 heterocycles. The molecule has 3 nitrogen and oxygen atoms in total. The molecule has 0 radical (unpaired) electrons. The van der Waals surface area contributed by atoms with Crippen LogP contribution in [0.15, 0.2) is 54.7 Å². The summed E-state index contributed by atoms with van der Waals surface area (Å²) in [6, 6.07) is 16.4. The number of hydrogen-bond acceptors (Lipinski definition) is 1. The summed E-state index contributed by atoms with van der Waals surface area (Å²) in [5.74, 6) is 0.00111. The van der Waals surface area contributed by atoms with Gasteiger partial charge in [0.2, 0.25) is 0 Å². The van der Waals surface area contributed by atoms with E-state index >= 15 is 0 Å². The number of benzene rings is 2. The van der Waals surface area contributed by atoms with Crippen LogP contribution >= 0.6 is 0 Å². The van der Waals surface area contributed by atoms with Crippen LogP contribution < -0.4 is 26.5 Å². The molecule has 3 aromatic rings. The zero-order valence-corrected chi connectivity index (χ0v) is 15.6. The van der Waals surface area contributed by atoms with Crippen molar-refractivity contribution in [2.75, 3.05) is 10.2 Å². The van der Waals surface area contributed by atoms with Crippen molar-refractivity contribution in [3.63, 3.8) is 0 Å². The van der Waals surface area contributed by atoms with Crippen molar-refractivity contribution in [3.8, 4) is 0 Å². The van der Waals surface area contributed by atoms with E-state index in [-0.39, 0.29) is 27.1 Å². The van der Waals surface area contributed by atoms with Crippen molar-refractivity contribution < 1.29 is 26.0 Å². The van der Waals surface area contributed by atoms with Crippen LogP contribution in [0.2, 0.25) is 0 Å². The standard InChI is InChI=1S/C19H20IN2O/c1-19(2,13-8-10-14(20-3)11-9-13)18(23)22-17-12-21-16-7-5-4-6-15(16)17/h4-12,21H,1-3H3,(H,22,23)/q-1. The molecular formula is C19H20IN2O-. The monoisotopic (exact) mass is 419 g/mol. The van der Waals surface area contributed by atoms with Crippen molar-refractivity contribution in [1.29, 1.82) is 0 Å². The first kappa shape index (κ1) is 16.1. The van der Waals surface area contributed by atoms with Crippen LogP contribution in [0.1, 0.15) is 19.4 Å². The Morgan fingerprint density at radius 1 is 1.09 bits per heavy atom. The zero-order chi connectivity index (χ0) is 16.4. The molecule has 23 heavy (non-hydrogen) atoms. The second-order valence-electron chi connectivity index (χ2n) is 6.02. The van der Waals surface area contributed by atoms with Crippen LogP contribution in [-0.4, -0.2) is 15.8 Å². The van der Waals surface area contributed by atoms with E-state index in [4.69, 9.17) is 0 Å². The van der Waals surface area contributed by atoms with Crippen molar-refractivity contribution in [1.82, 2.24) is 4.98 Å². The molecule has 0 fully saturated rings. The number of anilines is 1. The van der Waals surface area contributed by atoms with Crippen molar-refractivity contribution >= 4 is 22.5 Å². The second-order valence-corrected chi connectivity index (χ2v) is 8.35. The Balaban J connectivity index is 1.86. The van der Waals surface area contributed by atoms with E-state index in [9.17, 15) is 4.79 Å². The third-order valence-electron chi connectivity index (χ3n) is 4.19. The Kier molecular flexibility index (Phi) is 4.43. The minimum absolute atomic E-state index is 0.00111. The Bertz CT molecular complexity index is 834. The second kappa shape index (κ2) is 6.35. The predicted octanol–water partition coefficient (Wildman–Crippen LogP) is 0.973. The van der Waals surface area contributed by atoms with Crippen LogP contribution in [0.25, 0.3) is 10.9 Å². The number of aromatic nitrogens is 1. The Morgan fingerprint density at radius 2 is 1.78 bits per heavy atom. The Hall–Kier alpha value is -1.82. The van der Waals surface area contributed by atoms with E-state index in [2.05, 4.69) is 39.5 Å². The number of fused-ring (bicyclic) bond motifs is 1. The molecule has 0 aliphatic heterocycles. The van der Waals surface area contributed by atoms with Crippen molar-refractivity contribution in [3.05, 3.63) is 63.9 Å². The van der Waals surface area contributed by atoms with Gasteiger partial charge in [-0.25, -0.2) is 0 Å². The SMILES string of the molecule is C[I-]c1ccc(C(C)(C)C(=O)Nc2c[nH]c3ccccc23)cc1. The molecular weight excluding hydrogens is 399 g/mol. The van der Waals surface area contributed by atoms with Gasteiger partial charge in [0.05, 0.1) is 0 Å². The molecule has 0 spiro atoms. The number of carbonyl (C=O) groups is 1. The predicted molar refractivity (Wildman–Crippen MR) is 91.0 cm³/mol. The summed E-state index contributed by atoms with van der Waals surface area (Å²) < 4.78 is 1.39. The molecule has 0 atom stereocenters. The molecule has 2 aromatic carbocycles. The number of carbonyl (C=O) groups excluding carboxylic acids is 1. The zero-order valence-electron chi connectivity index (χ0n) is 13.5. The summed E-state index contributed by atoms with van der Waals surface area (Å²) >= 11 is 0.0851. The molecule has 1 aromatic heterocycles. The average Bonchev–Trinajstić information content (AvgIpc) is 2.98. The van der Waals surface area contributed by atoms with Gasteiger partial charge in [-0.2, -0.15) is 0 Å². The van der Waals surface area contributed by atoms with Crippen LogP contribution in [0.4, 0.5) is 5.69 Å². The number of rotatable bonds is 4. The Labute approximate surface area is 146 Å². The van der Waals surface area contributed by atoms with Gasteiger partial charge in [0.15, 0.2) is 0 Å². The quantitative estimate of drug-likeness (QED) is 0.481. The number of amides is 1. The molecule has 0 unspecified atom stereocenters. The fourth-order valence-electron chi connectivity index (χ4n) is 2.58. The van der Waals surface area contributed by atoms with Crippen molar-refractivity contribution in [2.24, 2.45) is 0 Å². The molecule has 4 heteroatoms. The van der Waals surface area contributed by atoms with E-state index < -0.39 is 5.41 Å². The van der Waals surface area contributed by atoms with Gasteiger partial charge >= 0.3 is 147 Å². The van der Waals surface area contributed by atoms with E-state index in [0.717, 1.165) is 22.2 Å². The number of halogens is 1. The van der Waals surface area contributed by atoms with Gasteiger partial charge in [-0.3, -0.25) is 0 Å². The first-order valence-corrected chi connectivity index (χ1v) is 10.7. The van der Waals surface area contributed by atoms with Gasteiger partial charge < -0.3 is 0 Å². The van der Waals surface area contributed by atoms with Gasteiger partial charge in [-0.1, -0.05) is 0 Å². The summed E-state index contributed by atoms with van der Waals surface area (Å²) in [6.45, 7) is 3.93. The first-order valence-electron chi connectivity index (χ1n) is 7.50. The summed E-state index contributed by atoms with van der Waals surface area (Å²) in [4.78, 5) is 18.2. The fourth-order valence-corrected chi connectivity index (χ4v) is 3.66. The maximum absolute atomic E-state index is 12.8. The number of H-pyrrole nitrogens is 1. The molecule has 0 aliphatic rings. The van der Waals surface area contributed by atoms with Crippen molar-refractivity contribution in [2.45, 2.75) is 19.3 Å². The van der Waals surface area contributed by atoms with E-state index in [0.29, 0.717) is 0 Å². The normalized spacial score (nSPS) is 11.8. The summed E-state index contributed by atoms with van der Waals surface area (Å²) in [7, 11) is 0. The number of nitrogens with one attached hydrogen (secondary N) is 2. The molecule has 120 valence electrons. The van der Waals surface area contributed by atoms with Gasteiger partial charge in [-0.15, -0.1) is 0 Å². The topological polar surface area (TPSA) is 44.9 Å². The summed E-state index contributed by atoms with van der Waals surface area (Å²) in [5, 5.41) is 4.10. The molecule has 0 saturated carbocycles. The maximum atomic E-state index is 12.8. The summed E-state index contributed by atoms with van der Waals surface area (Å²) in [5.41, 5.74) is 2.31. The van der Waals surface area contributed by atoms with E-state index in [1.54, 1.807) is 0 Å². The van der Waals surface area contributed by atoms with Gasteiger partial charge in [0.25, 0.3) is 0 Å². The molecule has 0 bridgehead atoms. The van der Waals surface area contributed by atoms with Crippen LogP contribution in [0, 0.1) is 3.57 Å². The van der Waals surface area contributed by atoms with Gasteiger partial charge in [0, 0.05) is 0 Å². The molecule has 1 amide bonds. The summed E-state index contributed by atoms with van der Waals surface area (Å²) in [6.07, 6.45) is 1.85. The number of alkyl halides is 1. The molecule has 0 saturated heterocycles. The van der Waals surface area contributed by atoms with Gasteiger partial charge in [0.1, 0.15) is 0 Å². The van der Waals surface area contributed by atoms with Crippen LogP contribution in [0.3, 0.4) is 0 Å². The van der Waals surface area contributed by atoms with Gasteiger partial charge in [-0.05, 0) is 0 Å². The molecule has 3 rings (SSSR count). The Morgan fingerprint density at radius 3 is 2.48 bits per heavy atom. The molecule has 2 N–H and O–H groups in total. The number of aromatic amines is 1. The van der Waals surface area contributed by atoms with E-state index in [1.165, 1.54) is 3.57 Å². The van der Waals surface area contributed by atoms with Crippen LogP contribution in [0.5, 0.6) is 0 Å². The van der Waals surface area contributed by atoms with E-state index in [1.807, 2.05) is 44.3 Å². The first-order chi connectivity index (χ1) is 11.0. The number of hydrogen-bond donors (Lipinski definition) is 2. The average molecular weight is 419 g/mol.